The molecule has 0 heterocycles. The van der Waals surface area contributed by atoms with Crippen molar-refractivity contribution in [3.8, 4) is 23.0 Å². The second-order valence-electron chi connectivity index (χ2n) is 8.31. The van der Waals surface area contributed by atoms with Gasteiger partial charge in [0.05, 0.1) is 6.10 Å². The highest BCUT2D eigenvalue weighted by atomic mass is 16.6. The highest BCUT2D eigenvalue weighted by Crippen LogP contribution is 2.33. The Morgan fingerprint density at radius 2 is 1.57 bits per heavy atom. The smallest absolute Gasteiger partial charge is 0.346 e. The van der Waals surface area contributed by atoms with E-state index in [4.69, 9.17) is 4.74 Å². The summed E-state index contributed by atoms with van der Waals surface area (Å²) in [6.07, 6.45) is -2.41. The monoisotopic (exact) mass is 516 g/mol. The van der Waals surface area contributed by atoms with Crippen molar-refractivity contribution >= 4 is 30.1 Å². The van der Waals surface area contributed by atoms with Crippen molar-refractivity contribution in [3.05, 3.63) is 59.7 Å². The van der Waals surface area contributed by atoms with Crippen LogP contribution in [0.4, 0.5) is 0 Å². The standard InChI is InChI=1S/C25H24O12/c26-15-7-4-13(10-17(15)28)5-8-21(31)37-24(34)25(35)11-18(29)23(33)19(12-25)36-20(30)9-6-14-2-1-3-16(27)22(14)32/h1-10,18-19,23,26-29,32-33,35H,11-12H2. The zero-order valence-corrected chi connectivity index (χ0v) is 19.1. The van der Waals surface area contributed by atoms with Gasteiger partial charge in [0.2, 0.25) is 0 Å². The van der Waals surface area contributed by atoms with Crippen molar-refractivity contribution in [3.63, 3.8) is 0 Å². The second-order valence-corrected chi connectivity index (χ2v) is 8.31. The molecule has 0 aliphatic heterocycles. The molecule has 1 aliphatic rings. The molecule has 7 N–H and O–H groups in total. The average Bonchev–Trinajstić information content (AvgIpc) is 2.84. The van der Waals surface area contributed by atoms with Crippen LogP contribution in [0.3, 0.4) is 0 Å². The number of rotatable bonds is 6. The number of hydrogen-bond acceptors (Lipinski definition) is 12. The minimum atomic E-state index is -2.49. The summed E-state index contributed by atoms with van der Waals surface area (Å²) in [6, 6.07) is 7.71. The molecule has 37 heavy (non-hydrogen) atoms. The van der Waals surface area contributed by atoms with Crippen LogP contribution in [-0.2, 0) is 23.9 Å². The summed E-state index contributed by atoms with van der Waals surface area (Å²) in [7, 11) is 0. The highest BCUT2D eigenvalue weighted by molar-refractivity contribution is 5.97. The first-order chi connectivity index (χ1) is 17.4. The van der Waals surface area contributed by atoms with Gasteiger partial charge in [-0.1, -0.05) is 18.2 Å². The number of ether oxygens (including phenoxy) is 2. The van der Waals surface area contributed by atoms with E-state index in [-0.39, 0.29) is 16.9 Å². The zero-order chi connectivity index (χ0) is 27.3. The topological polar surface area (TPSA) is 211 Å². The Morgan fingerprint density at radius 1 is 0.865 bits per heavy atom. The molecule has 0 saturated heterocycles. The Labute approximate surface area is 209 Å². The number of para-hydroxylation sites is 1. The fourth-order valence-electron chi connectivity index (χ4n) is 3.59. The molecule has 0 spiro atoms. The molecule has 0 bridgehead atoms. The second kappa shape index (κ2) is 11.1. The number of carbonyl (C=O) groups excluding carboxylic acids is 3. The minimum absolute atomic E-state index is 0.0790. The van der Waals surface area contributed by atoms with Crippen LogP contribution in [0.5, 0.6) is 23.0 Å². The number of phenolic OH excluding ortho intramolecular Hbond substituents is 4. The van der Waals surface area contributed by atoms with Crippen LogP contribution in [0.25, 0.3) is 12.2 Å². The number of aromatic hydroxyl groups is 4. The Balaban J connectivity index is 1.65. The van der Waals surface area contributed by atoms with E-state index >= 15 is 0 Å². The van der Waals surface area contributed by atoms with E-state index in [1.165, 1.54) is 36.4 Å². The van der Waals surface area contributed by atoms with Crippen LogP contribution < -0.4 is 0 Å². The van der Waals surface area contributed by atoms with Gasteiger partial charge in [-0.05, 0) is 35.9 Å². The first kappa shape index (κ1) is 27.2. The third-order valence-corrected chi connectivity index (χ3v) is 5.56. The van der Waals surface area contributed by atoms with Crippen LogP contribution in [0.2, 0.25) is 0 Å². The van der Waals surface area contributed by atoms with Gasteiger partial charge in [-0.15, -0.1) is 0 Å². The van der Waals surface area contributed by atoms with Gasteiger partial charge >= 0.3 is 17.9 Å². The van der Waals surface area contributed by atoms with Gasteiger partial charge in [0.25, 0.3) is 0 Å². The van der Waals surface area contributed by atoms with Crippen LogP contribution in [0.1, 0.15) is 24.0 Å². The number of benzene rings is 2. The maximum absolute atomic E-state index is 12.5. The normalized spacial score (nSPS) is 23.7. The highest BCUT2D eigenvalue weighted by Gasteiger charge is 2.51. The summed E-state index contributed by atoms with van der Waals surface area (Å²) in [5, 5.41) is 69.1. The van der Waals surface area contributed by atoms with Crippen LogP contribution in [-0.4, -0.2) is 77.6 Å². The third kappa shape index (κ3) is 6.64. The van der Waals surface area contributed by atoms with Gasteiger partial charge in [0, 0.05) is 30.6 Å². The minimum Gasteiger partial charge on any atom is -0.504 e. The molecule has 2 aromatic rings. The largest absolute Gasteiger partial charge is 0.504 e. The summed E-state index contributed by atoms with van der Waals surface area (Å²) in [4.78, 5) is 36.8. The third-order valence-electron chi connectivity index (χ3n) is 5.56. The molecule has 12 nitrogen and oxygen atoms in total. The van der Waals surface area contributed by atoms with Crippen molar-refractivity contribution in [1.29, 1.82) is 0 Å². The Morgan fingerprint density at radius 3 is 2.27 bits per heavy atom. The number of hydrogen-bond donors (Lipinski definition) is 7. The lowest BCUT2D eigenvalue weighted by Gasteiger charge is -2.39. The molecule has 4 unspecified atom stereocenters. The van der Waals surface area contributed by atoms with Gasteiger partial charge in [0.15, 0.2) is 28.6 Å². The summed E-state index contributed by atoms with van der Waals surface area (Å²) >= 11 is 0. The van der Waals surface area contributed by atoms with Crippen LogP contribution in [0.15, 0.2) is 48.6 Å². The number of aliphatic hydroxyl groups is 3. The van der Waals surface area contributed by atoms with E-state index in [0.717, 1.165) is 24.3 Å². The molecule has 1 fully saturated rings. The Kier molecular flexibility index (Phi) is 8.17. The maximum Gasteiger partial charge on any atom is 0.346 e. The molecular formula is C25H24O12. The number of phenols is 4. The molecule has 0 amide bonds. The lowest BCUT2D eigenvalue weighted by atomic mass is 9.79. The molecule has 0 radical (unpaired) electrons. The summed E-state index contributed by atoms with van der Waals surface area (Å²) < 4.78 is 9.66. The van der Waals surface area contributed by atoms with Gasteiger partial charge in [0.1, 0.15) is 12.2 Å². The number of aliphatic hydroxyl groups excluding tert-OH is 2. The Bertz CT molecular complexity index is 1250. The average molecular weight is 516 g/mol. The van der Waals surface area contributed by atoms with E-state index in [9.17, 15) is 50.1 Å². The van der Waals surface area contributed by atoms with Crippen molar-refractivity contribution in [2.24, 2.45) is 0 Å². The zero-order valence-electron chi connectivity index (χ0n) is 19.1. The summed E-state index contributed by atoms with van der Waals surface area (Å²) in [5.74, 6) is -5.44. The summed E-state index contributed by atoms with van der Waals surface area (Å²) in [5.41, 5.74) is -2.12. The lowest BCUT2D eigenvalue weighted by Crippen LogP contribution is -2.57. The van der Waals surface area contributed by atoms with E-state index in [1.807, 2.05) is 0 Å². The quantitative estimate of drug-likeness (QED) is 0.121. The fourth-order valence-corrected chi connectivity index (χ4v) is 3.59. The van der Waals surface area contributed by atoms with Crippen molar-refractivity contribution < 1.29 is 59.6 Å². The molecule has 2 aromatic carbocycles. The summed E-state index contributed by atoms with van der Waals surface area (Å²) in [6.45, 7) is 0. The first-order valence-electron chi connectivity index (χ1n) is 10.8. The van der Waals surface area contributed by atoms with E-state index in [1.54, 1.807) is 0 Å². The van der Waals surface area contributed by atoms with E-state index in [2.05, 4.69) is 4.74 Å². The first-order valence-corrected chi connectivity index (χ1v) is 10.8. The van der Waals surface area contributed by atoms with Gasteiger partial charge in [-0.3, -0.25) is 0 Å². The van der Waals surface area contributed by atoms with Crippen LogP contribution in [0, 0.1) is 0 Å². The molecule has 4 atom stereocenters. The predicted molar refractivity (Wildman–Crippen MR) is 125 cm³/mol. The van der Waals surface area contributed by atoms with Crippen molar-refractivity contribution in [2.75, 3.05) is 0 Å². The van der Waals surface area contributed by atoms with E-state index < -0.39 is 71.9 Å². The predicted octanol–water partition coefficient (Wildman–Crippen LogP) is 0.464. The SMILES string of the molecule is O=C(C=Cc1ccc(O)c(O)c1)OC(=O)C1(O)CC(O)C(O)C(OC(=O)C=Cc2cccc(O)c2O)C1. The van der Waals surface area contributed by atoms with E-state index in [0.29, 0.717) is 0 Å². The number of esters is 3. The van der Waals surface area contributed by atoms with Crippen LogP contribution >= 0.6 is 0 Å². The van der Waals surface area contributed by atoms with Gasteiger partial charge in [-0.2, -0.15) is 0 Å². The number of carbonyl (C=O) groups is 3. The van der Waals surface area contributed by atoms with Gasteiger partial charge < -0.3 is 45.2 Å². The molecule has 0 aromatic heterocycles. The molecular weight excluding hydrogens is 492 g/mol. The molecule has 1 aliphatic carbocycles. The van der Waals surface area contributed by atoms with Crippen molar-refractivity contribution in [1.82, 2.24) is 0 Å². The Hall–Kier alpha value is -4.39. The molecule has 1 saturated carbocycles. The molecule has 196 valence electrons. The lowest BCUT2D eigenvalue weighted by molar-refractivity contribution is -0.200. The maximum atomic E-state index is 12.5. The van der Waals surface area contributed by atoms with Crippen molar-refractivity contribution in [2.45, 2.75) is 36.8 Å². The fraction of sp³-hybridized carbons (Fsp3) is 0.240. The molecule has 3 rings (SSSR count). The van der Waals surface area contributed by atoms with Gasteiger partial charge in [-0.25, -0.2) is 14.4 Å². The molecule has 12 heteroatoms.